The first kappa shape index (κ1) is 14.3. The Bertz CT molecular complexity index is 496. The summed E-state index contributed by atoms with van der Waals surface area (Å²) >= 11 is 8.20. The van der Waals surface area contributed by atoms with Gasteiger partial charge in [0.05, 0.1) is 23.4 Å². The second-order valence-corrected chi connectivity index (χ2v) is 6.47. The number of nitrogen functional groups attached to an aromatic ring is 1. The first-order valence-corrected chi connectivity index (χ1v) is 7.49. The first-order valence-electron chi connectivity index (χ1n) is 6.06. The van der Waals surface area contributed by atoms with E-state index in [2.05, 4.69) is 11.8 Å². The van der Waals surface area contributed by atoms with Crippen LogP contribution in [0.5, 0.6) is 0 Å². The van der Waals surface area contributed by atoms with Crippen LogP contribution in [0, 0.1) is 0 Å². The van der Waals surface area contributed by atoms with Gasteiger partial charge in [0, 0.05) is 29.8 Å². The molecule has 2 N–H and O–H groups in total. The molecule has 1 heterocycles. The molecule has 1 aromatic carbocycles. The van der Waals surface area contributed by atoms with Gasteiger partial charge in [-0.3, -0.25) is 0 Å². The van der Waals surface area contributed by atoms with E-state index in [-0.39, 0.29) is 0 Å². The molecular weight excluding hydrogens is 284 g/mol. The van der Waals surface area contributed by atoms with Crippen molar-refractivity contribution in [2.45, 2.75) is 12.2 Å². The fourth-order valence-corrected chi connectivity index (χ4v) is 3.59. The maximum atomic E-state index is 11.9. The number of rotatable bonds is 2. The lowest BCUT2D eigenvalue weighted by Gasteiger charge is -2.34. The molecule has 0 aromatic heterocycles. The van der Waals surface area contributed by atoms with Crippen LogP contribution in [-0.2, 0) is 4.74 Å². The third-order valence-electron chi connectivity index (χ3n) is 3.05. The summed E-state index contributed by atoms with van der Waals surface area (Å²) in [5.74, 6) is 0.609. The molecule has 0 saturated carbocycles. The van der Waals surface area contributed by atoms with Crippen molar-refractivity contribution in [3.8, 4) is 0 Å². The van der Waals surface area contributed by atoms with Gasteiger partial charge in [0.15, 0.2) is 0 Å². The average Bonchev–Trinajstić information content (AvgIpc) is 2.36. The number of nitrogens with zero attached hydrogens (tertiary/aromatic N) is 1. The van der Waals surface area contributed by atoms with E-state index in [0.717, 1.165) is 24.5 Å². The Labute approximate surface area is 122 Å². The molecule has 1 fully saturated rings. The number of benzene rings is 1. The summed E-state index contributed by atoms with van der Waals surface area (Å²) < 4.78 is 4.82. The van der Waals surface area contributed by atoms with Crippen LogP contribution in [0.3, 0.4) is 0 Å². The number of thioether (sulfide) groups is 1. The van der Waals surface area contributed by atoms with Crippen molar-refractivity contribution in [1.82, 2.24) is 0 Å². The average molecular weight is 301 g/mol. The zero-order valence-corrected chi connectivity index (χ0v) is 12.6. The predicted molar refractivity (Wildman–Crippen MR) is 81.3 cm³/mol. The third kappa shape index (κ3) is 3.09. The number of esters is 1. The number of nitrogens with two attached hydrogens (primary N) is 1. The van der Waals surface area contributed by atoms with Gasteiger partial charge in [0.1, 0.15) is 0 Å². The van der Waals surface area contributed by atoms with E-state index in [1.165, 1.54) is 7.11 Å². The van der Waals surface area contributed by atoms with Crippen LogP contribution >= 0.6 is 23.4 Å². The summed E-state index contributed by atoms with van der Waals surface area (Å²) in [6.07, 6.45) is 0. The molecule has 1 aliphatic rings. The Kier molecular flexibility index (Phi) is 4.47. The number of carbonyl (C=O) groups is 1. The molecule has 1 aromatic rings. The number of hydrogen-bond acceptors (Lipinski definition) is 5. The molecule has 1 atom stereocenters. The Balaban J connectivity index is 2.45. The lowest BCUT2D eigenvalue weighted by atomic mass is 10.1. The zero-order chi connectivity index (χ0) is 14.0. The van der Waals surface area contributed by atoms with E-state index in [9.17, 15) is 4.79 Å². The van der Waals surface area contributed by atoms with E-state index >= 15 is 0 Å². The zero-order valence-electron chi connectivity index (χ0n) is 11.0. The molecule has 104 valence electrons. The van der Waals surface area contributed by atoms with Crippen molar-refractivity contribution in [2.75, 3.05) is 36.6 Å². The molecule has 1 aliphatic heterocycles. The minimum atomic E-state index is -0.407. The Morgan fingerprint density at radius 2 is 2.32 bits per heavy atom. The first-order chi connectivity index (χ1) is 9.02. The van der Waals surface area contributed by atoms with Crippen LogP contribution in [0.4, 0.5) is 11.4 Å². The summed E-state index contributed by atoms with van der Waals surface area (Å²) in [5.41, 5.74) is 7.40. The van der Waals surface area contributed by atoms with Crippen LogP contribution in [0.15, 0.2) is 12.1 Å². The summed E-state index contributed by atoms with van der Waals surface area (Å²) in [6, 6.07) is 3.30. The number of methoxy groups -OCH3 is 1. The highest BCUT2D eigenvalue weighted by molar-refractivity contribution is 8.00. The molecule has 4 nitrogen and oxygen atoms in total. The van der Waals surface area contributed by atoms with Gasteiger partial charge in [-0.2, -0.15) is 11.8 Å². The summed E-state index contributed by atoms with van der Waals surface area (Å²) in [4.78, 5) is 14.0. The van der Waals surface area contributed by atoms with Gasteiger partial charge in [0.25, 0.3) is 0 Å². The number of anilines is 2. The standard InChI is InChI=1S/C13H17ClN2O2S/c1-8-7-16(3-4-19-8)12-10(13(17)18-2)5-9(15)6-11(12)14/h5-6,8H,3-4,7,15H2,1-2H3. The van der Waals surface area contributed by atoms with Crippen molar-refractivity contribution in [3.63, 3.8) is 0 Å². The normalized spacial score (nSPS) is 19.3. The molecule has 19 heavy (non-hydrogen) atoms. The smallest absolute Gasteiger partial charge is 0.340 e. The SMILES string of the molecule is COC(=O)c1cc(N)cc(Cl)c1N1CCSC(C)C1. The quantitative estimate of drug-likeness (QED) is 0.672. The molecule has 0 bridgehead atoms. The van der Waals surface area contributed by atoms with Crippen molar-refractivity contribution >= 4 is 40.7 Å². The van der Waals surface area contributed by atoms with Gasteiger partial charge in [-0.1, -0.05) is 18.5 Å². The number of hydrogen-bond donors (Lipinski definition) is 1. The summed E-state index contributed by atoms with van der Waals surface area (Å²) in [7, 11) is 1.36. The lowest BCUT2D eigenvalue weighted by molar-refractivity contribution is 0.0601. The Hall–Kier alpha value is -1.07. The molecule has 1 unspecified atom stereocenters. The lowest BCUT2D eigenvalue weighted by Crippen LogP contribution is -2.37. The van der Waals surface area contributed by atoms with E-state index in [1.807, 2.05) is 11.8 Å². The molecule has 0 radical (unpaired) electrons. The van der Waals surface area contributed by atoms with Crippen molar-refractivity contribution in [2.24, 2.45) is 0 Å². The molecular formula is C13H17ClN2O2S. The maximum absolute atomic E-state index is 11.9. The van der Waals surface area contributed by atoms with Crippen LogP contribution in [0.1, 0.15) is 17.3 Å². The minimum absolute atomic E-state index is 0.407. The van der Waals surface area contributed by atoms with Gasteiger partial charge < -0.3 is 15.4 Å². The van der Waals surface area contributed by atoms with E-state index < -0.39 is 5.97 Å². The van der Waals surface area contributed by atoms with Crippen LogP contribution in [0.2, 0.25) is 5.02 Å². The van der Waals surface area contributed by atoms with Gasteiger partial charge in [-0.25, -0.2) is 4.79 Å². The van der Waals surface area contributed by atoms with Crippen LogP contribution in [0.25, 0.3) is 0 Å². The van der Waals surface area contributed by atoms with Gasteiger partial charge >= 0.3 is 5.97 Å². The van der Waals surface area contributed by atoms with E-state index in [1.54, 1.807) is 12.1 Å². The van der Waals surface area contributed by atoms with Crippen molar-refractivity contribution in [1.29, 1.82) is 0 Å². The van der Waals surface area contributed by atoms with Gasteiger partial charge in [-0.05, 0) is 12.1 Å². The minimum Gasteiger partial charge on any atom is -0.465 e. The third-order valence-corrected chi connectivity index (χ3v) is 4.47. The fraction of sp³-hybridized carbons (Fsp3) is 0.462. The van der Waals surface area contributed by atoms with Crippen molar-refractivity contribution < 1.29 is 9.53 Å². The molecule has 0 aliphatic carbocycles. The number of halogens is 1. The van der Waals surface area contributed by atoms with Crippen LogP contribution < -0.4 is 10.6 Å². The monoisotopic (exact) mass is 300 g/mol. The molecule has 0 amide bonds. The Morgan fingerprint density at radius 1 is 1.58 bits per heavy atom. The molecule has 0 spiro atoms. The van der Waals surface area contributed by atoms with Crippen LogP contribution in [-0.4, -0.2) is 37.2 Å². The second-order valence-electron chi connectivity index (χ2n) is 4.52. The highest BCUT2D eigenvalue weighted by Crippen LogP contribution is 2.35. The summed E-state index contributed by atoms with van der Waals surface area (Å²) in [5, 5.41) is 1.01. The van der Waals surface area contributed by atoms with E-state index in [0.29, 0.717) is 21.5 Å². The number of carbonyl (C=O) groups excluding carboxylic acids is 1. The largest absolute Gasteiger partial charge is 0.465 e. The van der Waals surface area contributed by atoms with Crippen molar-refractivity contribution in [3.05, 3.63) is 22.7 Å². The molecule has 6 heteroatoms. The fourth-order valence-electron chi connectivity index (χ4n) is 2.23. The molecule has 1 saturated heterocycles. The highest BCUT2D eigenvalue weighted by Gasteiger charge is 2.25. The van der Waals surface area contributed by atoms with Gasteiger partial charge in [0.2, 0.25) is 0 Å². The summed E-state index contributed by atoms with van der Waals surface area (Å²) in [6.45, 7) is 3.89. The van der Waals surface area contributed by atoms with E-state index in [4.69, 9.17) is 22.1 Å². The highest BCUT2D eigenvalue weighted by atomic mass is 35.5. The topological polar surface area (TPSA) is 55.6 Å². The van der Waals surface area contributed by atoms with Gasteiger partial charge in [-0.15, -0.1) is 0 Å². The molecule has 2 rings (SSSR count). The Morgan fingerprint density at radius 3 is 2.95 bits per heavy atom. The second kappa shape index (κ2) is 5.92. The number of ether oxygens (including phenoxy) is 1. The predicted octanol–water partition coefficient (Wildman–Crippen LogP) is 2.65. The maximum Gasteiger partial charge on any atom is 0.340 e.